The Hall–Kier alpha value is -5.79. The second-order valence-electron chi connectivity index (χ2n) is 12.5. The van der Waals surface area contributed by atoms with E-state index in [0.29, 0.717) is 0 Å². The Morgan fingerprint density at radius 1 is 0.426 bits per heavy atom. The number of rotatable bonds is 5. The molecule has 1 heteroatoms. The minimum atomic E-state index is 1.01. The van der Waals surface area contributed by atoms with Crippen molar-refractivity contribution in [1.82, 2.24) is 0 Å². The normalized spacial score (nSPS) is 11.9. The molecule has 0 N–H and O–H groups in total. The van der Waals surface area contributed by atoms with E-state index in [9.17, 15) is 0 Å². The average molecular weight is 602 g/mol. The Morgan fingerprint density at radius 2 is 0.957 bits per heavy atom. The van der Waals surface area contributed by atoms with Crippen molar-refractivity contribution in [3.63, 3.8) is 0 Å². The van der Waals surface area contributed by atoms with Crippen LogP contribution in [-0.4, -0.2) is 5.71 Å². The van der Waals surface area contributed by atoms with E-state index in [2.05, 4.69) is 178 Å². The SMILES string of the molecule is C/C(=N\c1ccccc1C)c1ccccc1-c1cc(-c2c3ccccc3c(-c3ccc4ccccc4c3)c3ccccc23)ccc1C. The van der Waals surface area contributed by atoms with Crippen LogP contribution in [0, 0.1) is 13.8 Å². The number of para-hydroxylation sites is 1. The quantitative estimate of drug-likeness (QED) is 0.137. The van der Waals surface area contributed by atoms with Crippen molar-refractivity contribution in [3.8, 4) is 33.4 Å². The Labute approximate surface area is 276 Å². The van der Waals surface area contributed by atoms with Gasteiger partial charge in [-0.3, -0.25) is 4.99 Å². The summed E-state index contributed by atoms with van der Waals surface area (Å²) in [7, 11) is 0. The highest BCUT2D eigenvalue weighted by molar-refractivity contribution is 6.22. The fraction of sp³-hybridized carbons (Fsp3) is 0.0652. The van der Waals surface area contributed by atoms with Crippen molar-refractivity contribution < 1.29 is 0 Å². The predicted octanol–water partition coefficient (Wildman–Crippen LogP) is 12.9. The van der Waals surface area contributed by atoms with Crippen LogP contribution in [0.5, 0.6) is 0 Å². The van der Waals surface area contributed by atoms with Crippen LogP contribution in [0.4, 0.5) is 5.69 Å². The van der Waals surface area contributed by atoms with E-state index in [1.165, 1.54) is 76.8 Å². The van der Waals surface area contributed by atoms with Gasteiger partial charge in [0.15, 0.2) is 0 Å². The zero-order valence-electron chi connectivity index (χ0n) is 27.0. The summed E-state index contributed by atoms with van der Waals surface area (Å²) in [6.07, 6.45) is 0. The molecule has 0 aromatic heterocycles. The number of aliphatic imine (C=N–C) groups is 1. The van der Waals surface area contributed by atoms with Gasteiger partial charge in [-0.2, -0.15) is 0 Å². The molecule has 0 heterocycles. The lowest BCUT2D eigenvalue weighted by molar-refractivity contribution is 1.38. The summed E-state index contributed by atoms with van der Waals surface area (Å²) in [5.41, 5.74) is 13.0. The third-order valence-corrected chi connectivity index (χ3v) is 9.51. The van der Waals surface area contributed by atoms with Gasteiger partial charge >= 0.3 is 0 Å². The van der Waals surface area contributed by atoms with Gasteiger partial charge in [-0.05, 0) is 116 Å². The van der Waals surface area contributed by atoms with Crippen LogP contribution in [0.25, 0.3) is 65.7 Å². The summed E-state index contributed by atoms with van der Waals surface area (Å²) in [5, 5.41) is 7.56. The summed E-state index contributed by atoms with van der Waals surface area (Å²) in [6, 6.07) is 57.2. The fourth-order valence-electron chi connectivity index (χ4n) is 7.13. The van der Waals surface area contributed by atoms with Crippen molar-refractivity contribution >= 4 is 43.7 Å². The number of nitrogens with zero attached hydrogens (tertiary/aromatic N) is 1. The van der Waals surface area contributed by atoms with E-state index < -0.39 is 0 Å². The number of hydrogen-bond donors (Lipinski definition) is 0. The van der Waals surface area contributed by atoms with Crippen LogP contribution in [-0.2, 0) is 0 Å². The van der Waals surface area contributed by atoms with Crippen LogP contribution in [0.2, 0.25) is 0 Å². The molecule has 0 unspecified atom stereocenters. The maximum absolute atomic E-state index is 5.08. The van der Waals surface area contributed by atoms with Gasteiger partial charge in [0.1, 0.15) is 0 Å². The van der Waals surface area contributed by atoms with Crippen molar-refractivity contribution in [3.05, 3.63) is 174 Å². The Bertz CT molecular complexity index is 2440. The van der Waals surface area contributed by atoms with E-state index in [4.69, 9.17) is 4.99 Å². The maximum atomic E-state index is 5.08. The maximum Gasteiger partial charge on any atom is 0.0662 e. The first kappa shape index (κ1) is 28.7. The average Bonchev–Trinajstić information content (AvgIpc) is 3.11. The monoisotopic (exact) mass is 601 g/mol. The topological polar surface area (TPSA) is 12.4 Å². The molecule has 0 aliphatic heterocycles. The molecule has 8 aromatic carbocycles. The van der Waals surface area contributed by atoms with Crippen molar-refractivity contribution in [2.24, 2.45) is 4.99 Å². The summed E-state index contributed by atoms with van der Waals surface area (Å²) in [6.45, 7) is 6.45. The molecule has 0 aliphatic rings. The van der Waals surface area contributed by atoms with E-state index in [1.807, 2.05) is 0 Å². The second kappa shape index (κ2) is 11.9. The standard InChI is InChI=1S/C46H35N/c1-30-24-25-36(29-43(30)38-18-8-7-17-37(38)32(3)47-44-23-13-4-14-31(44)2)46-41-21-11-9-19-39(41)45(40-20-10-12-22-42(40)46)35-27-26-33-15-5-6-16-34(33)28-35/h4-29H,1-3H3/b47-32+. The molecular weight excluding hydrogens is 567 g/mol. The van der Waals surface area contributed by atoms with E-state index in [0.717, 1.165) is 17.0 Å². The highest BCUT2D eigenvalue weighted by Gasteiger charge is 2.18. The van der Waals surface area contributed by atoms with Crippen LogP contribution < -0.4 is 0 Å². The van der Waals surface area contributed by atoms with Gasteiger partial charge in [-0.1, -0.05) is 140 Å². The van der Waals surface area contributed by atoms with E-state index >= 15 is 0 Å². The first-order chi connectivity index (χ1) is 23.1. The zero-order valence-corrected chi connectivity index (χ0v) is 27.0. The molecule has 0 bridgehead atoms. The Kier molecular flexibility index (Phi) is 7.23. The van der Waals surface area contributed by atoms with Gasteiger partial charge in [0.25, 0.3) is 0 Å². The lowest BCUT2D eigenvalue weighted by Crippen LogP contribution is -1.99. The first-order valence-electron chi connectivity index (χ1n) is 16.3. The van der Waals surface area contributed by atoms with Gasteiger partial charge in [-0.15, -0.1) is 0 Å². The molecule has 0 atom stereocenters. The Morgan fingerprint density at radius 3 is 1.64 bits per heavy atom. The van der Waals surface area contributed by atoms with Crippen LogP contribution >= 0.6 is 0 Å². The molecule has 8 aromatic rings. The molecule has 8 rings (SSSR count). The summed E-state index contributed by atoms with van der Waals surface area (Å²) >= 11 is 0. The number of benzene rings is 8. The second-order valence-corrected chi connectivity index (χ2v) is 12.5. The molecule has 0 saturated carbocycles. The first-order valence-corrected chi connectivity index (χ1v) is 16.3. The third kappa shape index (κ3) is 5.11. The van der Waals surface area contributed by atoms with Crippen LogP contribution in [0.15, 0.2) is 163 Å². The zero-order chi connectivity index (χ0) is 31.9. The molecule has 0 amide bonds. The molecule has 0 saturated heterocycles. The van der Waals surface area contributed by atoms with Crippen molar-refractivity contribution in [2.45, 2.75) is 20.8 Å². The van der Waals surface area contributed by atoms with Crippen LogP contribution in [0.3, 0.4) is 0 Å². The largest absolute Gasteiger partial charge is 0.253 e. The van der Waals surface area contributed by atoms with Gasteiger partial charge in [0.05, 0.1) is 5.69 Å². The van der Waals surface area contributed by atoms with Gasteiger partial charge < -0.3 is 0 Å². The molecule has 0 spiro atoms. The number of fused-ring (bicyclic) bond motifs is 3. The molecule has 0 fully saturated rings. The smallest absolute Gasteiger partial charge is 0.0662 e. The third-order valence-electron chi connectivity index (χ3n) is 9.51. The molecule has 1 nitrogen and oxygen atoms in total. The van der Waals surface area contributed by atoms with Crippen LogP contribution in [0.1, 0.15) is 23.6 Å². The molecule has 224 valence electrons. The van der Waals surface area contributed by atoms with E-state index in [1.54, 1.807) is 0 Å². The van der Waals surface area contributed by atoms with Gasteiger partial charge in [-0.25, -0.2) is 0 Å². The van der Waals surface area contributed by atoms with E-state index in [-0.39, 0.29) is 0 Å². The molecular formula is C46H35N. The van der Waals surface area contributed by atoms with Gasteiger partial charge in [0, 0.05) is 11.3 Å². The highest BCUT2D eigenvalue weighted by Crippen LogP contribution is 2.45. The Balaban J connectivity index is 1.35. The summed E-state index contributed by atoms with van der Waals surface area (Å²) < 4.78 is 0. The number of aryl methyl sites for hydroxylation is 2. The minimum Gasteiger partial charge on any atom is -0.253 e. The highest BCUT2D eigenvalue weighted by atomic mass is 14.7. The summed E-state index contributed by atoms with van der Waals surface area (Å²) in [5.74, 6) is 0. The lowest BCUT2D eigenvalue weighted by Gasteiger charge is -2.19. The fourth-order valence-corrected chi connectivity index (χ4v) is 7.13. The lowest BCUT2D eigenvalue weighted by atomic mass is 9.84. The molecule has 47 heavy (non-hydrogen) atoms. The molecule has 0 aliphatic carbocycles. The predicted molar refractivity (Wildman–Crippen MR) is 203 cm³/mol. The summed E-state index contributed by atoms with van der Waals surface area (Å²) in [4.78, 5) is 5.08. The number of hydrogen-bond acceptors (Lipinski definition) is 1. The minimum absolute atomic E-state index is 1.01. The van der Waals surface area contributed by atoms with Crippen molar-refractivity contribution in [1.29, 1.82) is 0 Å². The molecule has 0 radical (unpaired) electrons. The van der Waals surface area contributed by atoms with Crippen molar-refractivity contribution in [2.75, 3.05) is 0 Å². The van der Waals surface area contributed by atoms with Gasteiger partial charge in [0.2, 0.25) is 0 Å².